The minimum Gasteiger partial charge on any atom is -0.379 e. The normalized spacial score (nSPS) is 22.9. The zero-order chi connectivity index (χ0) is 12.8. The molecule has 2 rings (SSSR count). The Kier molecular flexibility index (Phi) is 4.66. The molecule has 1 saturated heterocycles. The van der Waals surface area contributed by atoms with E-state index in [0.717, 1.165) is 6.42 Å². The van der Waals surface area contributed by atoms with Gasteiger partial charge < -0.3 is 14.8 Å². The molecule has 5 nitrogen and oxygen atoms in total. The van der Waals surface area contributed by atoms with Gasteiger partial charge in [-0.25, -0.2) is 0 Å². The van der Waals surface area contributed by atoms with Crippen LogP contribution in [0.4, 0.5) is 0 Å². The number of nitrogens with one attached hydrogen (secondary N) is 1. The van der Waals surface area contributed by atoms with Crippen LogP contribution in [0.1, 0.15) is 5.56 Å². The lowest BCUT2D eigenvalue weighted by Gasteiger charge is -2.18. The predicted molar refractivity (Wildman–Crippen MR) is 66.1 cm³/mol. The number of carbonyl (C=O) groups is 1. The molecule has 0 aromatic carbocycles. The van der Waals surface area contributed by atoms with E-state index in [4.69, 9.17) is 9.47 Å². The van der Waals surface area contributed by atoms with Gasteiger partial charge in [0.25, 0.3) is 0 Å². The molecule has 0 unspecified atom stereocenters. The predicted octanol–water partition coefficient (Wildman–Crippen LogP) is 0.402. The topological polar surface area (TPSA) is 60.5 Å². The number of pyridine rings is 1. The number of amides is 1. The van der Waals surface area contributed by atoms with Crippen LogP contribution in [0.2, 0.25) is 0 Å². The summed E-state index contributed by atoms with van der Waals surface area (Å²) in [6.45, 7) is 1.35. The molecule has 0 aliphatic carbocycles. The zero-order valence-electron chi connectivity index (χ0n) is 10.5. The van der Waals surface area contributed by atoms with Crippen LogP contribution in [-0.4, -0.2) is 43.9 Å². The van der Waals surface area contributed by atoms with Crippen molar-refractivity contribution in [3.8, 4) is 0 Å². The van der Waals surface area contributed by atoms with Crippen molar-refractivity contribution in [1.82, 2.24) is 10.3 Å². The molecule has 1 N–H and O–H groups in total. The lowest BCUT2D eigenvalue weighted by atomic mass is 9.95. The molecular weight excluding hydrogens is 232 g/mol. The highest BCUT2D eigenvalue weighted by molar-refractivity contribution is 5.77. The van der Waals surface area contributed by atoms with Gasteiger partial charge in [0, 0.05) is 25.4 Å². The Morgan fingerprint density at radius 3 is 3.00 bits per heavy atom. The van der Waals surface area contributed by atoms with Crippen molar-refractivity contribution in [1.29, 1.82) is 0 Å². The summed E-state index contributed by atoms with van der Waals surface area (Å²) in [5.41, 5.74) is 1.21. The molecule has 2 heterocycles. The lowest BCUT2D eigenvalue weighted by Crippen LogP contribution is -2.42. The smallest absolute Gasteiger partial charge is 0.246 e. The summed E-state index contributed by atoms with van der Waals surface area (Å²) in [7, 11) is 1.51. The van der Waals surface area contributed by atoms with E-state index < -0.39 is 0 Å². The fourth-order valence-corrected chi connectivity index (χ4v) is 2.16. The second kappa shape index (κ2) is 6.47. The molecule has 0 bridgehead atoms. The van der Waals surface area contributed by atoms with E-state index in [1.54, 1.807) is 12.4 Å². The molecule has 18 heavy (non-hydrogen) atoms. The fraction of sp³-hybridized carbons (Fsp3) is 0.538. The van der Waals surface area contributed by atoms with Gasteiger partial charge in [-0.15, -0.1) is 0 Å². The van der Waals surface area contributed by atoms with Crippen molar-refractivity contribution < 1.29 is 14.3 Å². The largest absolute Gasteiger partial charge is 0.379 e. The minimum atomic E-state index is -0.0901. The summed E-state index contributed by atoms with van der Waals surface area (Å²) >= 11 is 0. The lowest BCUT2D eigenvalue weighted by molar-refractivity contribution is -0.125. The minimum absolute atomic E-state index is 0.0702. The molecular formula is C13H18N2O3. The Morgan fingerprint density at radius 2 is 2.28 bits per heavy atom. The van der Waals surface area contributed by atoms with Crippen LogP contribution in [0.3, 0.4) is 0 Å². The van der Waals surface area contributed by atoms with E-state index in [9.17, 15) is 4.79 Å². The molecule has 98 valence electrons. The van der Waals surface area contributed by atoms with Crippen molar-refractivity contribution in [2.24, 2.45) is 5.92 Å². The van der Waals surface area contributed by atoms with E-state index in [-0.39, 0.29) is 18.6 Å². The van der Waals surface area contributed by atoms with Gasteiger partial charge in [-0.2, -0.15) is 0 Å². The van der Waals surface area contributed by atoms with E-state index in [1.807, 2.05) is 12.1 Å². The second-order valence-corrected chi connectivity index (χ2v) is 4.46. The molecule has 2 atom stereocenters. The highest BCUT2D eigenvalue weighted by atomic mass is 16.5. The fourth-order valence-electron chi connectivity index (χ4n) is 2.16. The van der Waals surface area contributed by atoms with E-state index >= 15 is 0 Å². The molecule has 5 heteroatoms. The Balaban J connectivity index is 1.89. The highest BCUT2D eigenvalue weighted by Gasteiger charge is 2.29. The van der Waals surface area contributed by atoms with Gasteiger partial charge in [0.2, 0.25) is 5.91 Å². The number of ether oxygens (including phenoxy) is 2. The first-order chi connectivity index (χ1) is 8.79. The average molecular weight is 250 g/mol. The molecule has 0 spiro atoms. The summed E-state index contributed by atoms with van der Waals surface area (Å²) < 4.78 is 10.3. The third kappa shape index (κ3) is 3.51. The number of aromatic nitrogens is 1. The van der Waals surface area contributed by atoms with Crippen LogP contribution in [0, 0.1) is 5.92 Å². The molecule has 1 aliphatic rings. The third-order valence-corrected chi connectivity index (χ3v) is 3.07. The SMILES string of the molecule is COCC(=O)N[C@H]1COC[C@H]1Cc1ccncc1. The number of hydrogen-bond donors (Lipinski definition) is 1. The van der Waals surface area contributed by atoms with E-state index in [1.165, 1.54) is 12.7 Å². The molecule has 0 saturated carbocycles. The maximum Gasteiger partial charge on any atom is 0.246 e. The monoisotopic (exact) mass is 250 g/mol. The number of carbonyl (C=O) groups excluding carboxylic acids is 1. The Hall–Kier alpha value is -1.46. The number of rotatable bonds is 5. The van der Waals surface area contributed by atoms with Crippen molar-refractivity contribution in [2.45, 2.75) is 12.5 Å². The van der Waals surface area contributed by atoms with Crippen molar-refractivity contribution >= 4 is 5.91 Å². The van der Waals surface area contributed by atoms with Gasteiger partial charge in [-0.1, -0.05) is 0 Å². The Morgan fingerprint density at radius 1 is 1.50 bits per heavy atom. The van der Waals surface area contributed by atoms with Crippen LogP contribution in [0.25, 0.3) is 0 Å². The van der Waals surface area contributed by atoms with Crippen molar-refractivity contribution in [3.05, 3.63) is 30.1 Å². The van der Waals surface area contributed by atoms with Gasteiger partial charge >= 0.3 is 0 Å². The first-order valence-electron chi connectivity index (χ1n) is 6.04. The molecule has 1 aromatic rings. The summed E-state index contributed by atoms with van der Waals surface area (Å²) in [6, 6.07) is 4.06. The van der Waals surface area contributed by atoms with Gasteiger partial charge in [-0.05, 0) is 24.1 Å². The second-order valence-electron chi connectivity index (χ2n) is 4.46. The third-order valence-electron chi connectivity index (χ3n) is 3.07. The molecule has 1 aromatic heterocycles. The molecule has 1 amide bonds. The first kappa shape index (κ1) is 13.0. The number of hydrogen-bond acceptors (Lipinski definition) is 4. The van der Waals surface area contributed by atoms with Crippen LogP contribution in [0.15, 0.2) is 24.5 Å². The highest BCUT2D eigenvalue weighted by Crippen LogP contribution is 2.18. The zero-order valence-corrected chi connectivity index (χ0v) is 10.5. The number of nitrogens with zero attached hydrogens (tertiary/aromatic N) is 1. The van der Waals surface area contributed by atoms with Crippen molar-refractivity contribution in [2.75, 3.05) is 26.9 Å². The number of methoxy groups -OCH3 is 1. The Labute approximate surface area is 107 Å². The van der Waals surface area contributed by atoms with Crippen LogP contribution in [-0.2, 0) is 20.7 Å². The summed E-state index contributed by atoms with van der Waals surface area (Å²) in [5, 5.41) is 2.95. The molecule has 1 fully saturated rings. The molecule has 0 radical (unpaired) electrons. The average Bonchev–Trinajstić information content (AvgIpc) is 2.78. The van der Waals surface area contributed by atoms with E-state index in [2.05, 4.69) is 10.3 Å². The summed E-state index contributed by atoms with van der Waals surface area (Å²) in [6.07, 6.45) is 4.45. The van der Waals surface area contributed by atoms with Gasteiger partial charge in [0.1, 0.15) is 6.61 Å². The maximum absolute atomic E-state index is 11.5. The maximum atomic E-state index is 11.5. The first-order valence-corrected chi connectivity index (χ1v) is 6.04. The Bertz CT molecular complexity index is 383. The van der Waals surface area contributed by atoms with Gasteiger partial charge in [0.15, 0.2) is 0 Å². The standard InChI is InChI=1S/C13H18N2O3/c1-17-9-13(16)15-12-8-18-7-11(12)6-10-2-4-14-5-3-10/h2-5,11-12H,6-9H2,1H3,(H,15,16)/t11-,12+/m1/s1. The van der Waals surface area contributed by atoms with Crippen LogP contribution in [0.5, 0.6) is 0 Å². The summed E-state index contributed by atoms with van der Waals surface area (Å²) in [4.78, 5) is 15.5. The summed E-state index contributed by atoms with van der Waals surface area (Å²) in [5.74, 6) is 0.223. The molecule has 1 aliphatic heterocycles. The van der Waals surface area contributed by atoms with Crippen molar-refractivity contribution in [3.63, 3.8) is 0 Å². The van der Waals surface area contributed by atoms with Crippen LogP contribution < -0.4 is 5.32 Å². The van der Waals surface area contributed by atoms with Crippen LogP contribution >= 0.6 is 0 Å². The quantitative estimate of drug-likeness (QED) is 0.822. The van der Waals surface area contributed by atoms with Gasteiger partial charge in [-0.3, -0.25) is 9.78 Å². The van der Waals surface area contributed by atoms with Gasteiger partial charge in [0.05, 0.1) is 19.3 Å². The van der Waals surface area contributed by atoms with E-state index in [0.29, 0.717) is 19.1 Å².